The third-order valence-electron chi connectivity index (χ3n) is 7.23. The molecule has 0 aliphatic heterocycles. The van der Waals surface area contributed by atoms with Crippen molar-refractivity contribution in [3.8, 4) is 0 Å². The summed E-state index contributed by atoms with van der Waals surface area (Å²) in [6.45, 7) is 6.53. The fourth-order valence-corrected chi connectivity index (χ4v) is 4.49. The van der Waals surface area contributed by atoms with E-state index in [4.69, 9.17) is 28.0 Å². The third kappa shape index (κ3) is 19.4. The molecule has 0 saturated carbocycles. The molecule has 16 heteroatoms. The average molecular weight is 653 g/mol. The molecule has 0 unspecified atom stereocenters. The van der Waals surface area contributed by atoms with Crippen molar-refractivity contribution >= 4 is 41.8 Å². The van der Waals surface area contributed by atoms with E-state index in [0.29, 0.717) is 64.3 Å². The molecular formula is C30H58N11O5. The summed E-state index contributed by atoms with van der Waals surface area (Å²) in [5, 5.41) is 30.7. The van der Waals surface area contributed by atoms with Gasteiger partial charge in [0.2, 0.25) is 29.9 Å². The number of amides is 4. The van der Waals surface area contributed by atoms with E-state index in [1.165, 1.54) is 0 Å². The van der Waals surface area contributed by atoms with Crippen molar-refractivity contribution in [1.82, 2.24) is 31.9 Å². The quantitative estimate of drug-likeness (QED) is 0.0322. The first-order valence-electron chi connectivity index (χ1n) is 16.4. The maximum Gasteiger partial charge on any atom is 0.243 e. The second-order valence-corrected chi connectivity index (χ2v) is 11.4. The van der Waals surface area contributed by atoms with Crippen LogP contribution in [-0.2, 0) is 24.0 Å². The van der Waals surface area contributed by atoms with Crippen LogP contribution >= 0.6 is 0 Å². The predicted octanol–water partition coefficient (Wildman–Crippen LogP) is -0.540. The van der Waals surface area contributed by atoms with E-state index < -0.39 is 53.8 Å². The van der Waals surface area contributed by atoms with Gasteiger partial charge in [-0.05, 0) is 44.9 Å². The summed E-state index contributed by atoms with van der Waals surface area (Å²) < 4.78 is 0. The molecule has 5 atom stereocenters. The molecule has 0 aromatic rings. The van der Waals surface area contributed by atoms with Crippen LogP contribution in [0.2, 0.25) is 0 Å². The van der Waals surface area contributed by atoms with E-state index in [2.05, 4.69) is 31.9 Å². The van der Waals surface area contributed by atoms with Gasteiger partial charge in [-0.1, -0.05) is 59.3 Å². The van der Waals surface area contributed by atoms with Crippen molar-refractivity contribution in [3.05, 3.63) is 0 Å². The highest BCUT2D eigenvalue weighted by molar-refractivity contribution is 5.95. The lowest BCUT2D eigenvalue weighted by molar-refractivity contribution is -0.134. The van der Waals surface area contributed by atoms with E-state index in [0.717, 1.165) is 19.3 Å². The molecular weight excluding hydrogens is 594 g/mol. The zero-order valence-electron chi connectivity index (χ0n) is 27.8. The Labute approximate surface area is 273 Å². The molecule has 0 aliphatic carbocycles. The molecule has 0 fully saturated rings. The minimum atomic E-state index is -1.02. The first-order chi connectivity index (χ1) is 21.9. The number of unbranched alkanes of at least 4 members (excludes halogenated alkanes) is 3. The Morgan fingerprint density at radius 3 is 1.37 bits per heavy atom. The number of carbonyl (C=O) groups excluding carboxylic acids is 5. The van der Waals surface area contributed by atoms with Gasteiger partial charge in [0.05, 0.1) is 12.1 Å². The molecule has 16 nitrogen and oxygen atoms in total. The monoisotopic (exact) mass is 652 g/mol. The topological polar surface area (TPSA) is 283 Å². The average Bonchev–Trinajstić information content (AvgIpc) is 3.01. The van der Waals surface area contributed by atoms with Crippen LogP contribution in [0.3, 0.4) is 0 Å². The minimum Gasteiger partial charge on any atom is -0.370 e. The van der Waals surface area contributed by atoms with Gasteiger partial charge in [0.15, 0.2) is 11.9 Å². The lowest BCUT2D eigenvalue weighted by Gasteiger charge is -2.26. The molecule has 0 aromatic heterocycles. The lowest BCUT2D eigenvalue weighted by atomic mass is 10.0. The van der Waals surface area contributed by atoms with Crippen molar-refractivity contribution in [2.24, 2.45) is 17.2 Å². The number of nitrogens with two attached hydrogens (primary N) is 3. The molecule has 0 spiro atoms. The number of guanidine groups is 2. The van der Waals surface area contributed by atoms with E-state index in [-0.39, 0.29) is 24.9 Å². The Bertz CT molecular complexity index is 966. The summed E-state index contributed by atoms with van der Waals surface area (Å²) in [6, 6.07) is -4.64. The normalized spacial score (nSPS) is 14.0. The molecule has 0 aliphatic rings. The van der Waals surface area contributed by atoms with Gasteiger partial charge >= 0.3 is 0 Å². The number of hydrogen-bond donors (Lipinski definition) is 11. The second kappa shape index (κ2) is 25.3. The van der Waals surface area contributed by atoms with Crippen LogP contribution in [0.25, 0.3) is 0 Å². The second-order valence-electron chi connectivity index (χ2n) is 11.4. The van der Waals surface area contributed by atoms with Crippen molar-refractivity contribution in [1.29, 1.82) is 10.8 Å². The van der Waals surface area contributed by atoms with Crippen LogP contribution in [-0.4, -0.2) is 85.1 Å². The number of rotatable bonds is 26. The van der Waals surface area contributed by atoms with E-state index in [9.17, 15) is 24.0 Å². The molecule has 1 radical (unpaired) electrons. The van der Waals surface area contributed by atoms with Gasteiger partial charge in [-0.15, -0.1) is 0 Å². The molecule has 14 N–H and O–H groups in total. The highest BCUT2D eigenvalue weighted by atomic mass is 16.2. The van der Waals surface area contributed by atoms with Crippen molar-refractivity contribution in [2.45, 2.75) is 134 Å². The van der Waals surface area contributed by atoms with Gasteiger partial charge < -0.3 is 49.1 Å². The van der Waals surface area contributed by atoms with Gasteiger partial charge in [0, 0.05) is 13.1 Å². The highest BCUT2D eigenvalue weighted by Gasteiger charge is 2.30. The Balaban J connectivity index is 5.72. The molecule has 0 saturated heterocycles. The first-order valence-corrected chi connectivity index (χ1v) is 16.4. The summed E-state index contributed by atoms with van der Waals surface area (Å²) in [5.74, 6) is -2.57. The molecule has 0 rings (SSSR count). The van der Waals surface area contributed by atoms with E-state index in [1.807, 2.05) is 27.1 Å². The lowest BCUT2D eigenvalue weighted by Crippen LogP contribution is -2.58. The summed E-state index contributed by atoms with van der Waals surface area (Å²) >= 11 is 0. The summed E-state index contributed by atoms with van der Waals surface area (Å²) in [4.78, 5) is 64.4. The molecule has 0 aromatic carbocycles. The Morgan fingerprint density at radius 2 is 0.957 bits per heavy atom. The third-order valence-corrected chi connectivity index (χ3v) is 7.23. The molecule has 46 heavy (non-hydrogen) atoms. The SMILES string of the molecule is CCCC[C@@H]([C]=O)NC(=O)[C@H](CCCNC(=N)N)NC(=O)[C@H](CCCC)NC(=O)[C@H](CCCC)NC(=O)[C@@H](N)CCCNC(=N)N. The number of nitrogens with one attached hydrogen (secondary N) is 8. The van der Waals surface area contributed by atoms with Gasteiger partial charge in [-0.3, -0.25) is 34.8 Å². The Morgan fingerprint density at radius 1 is 0.587 bits per heavy atom. The van der Waals surface area contributed by atoms with Crippen molar-refractivity contribution in [3.63, 3.8) is 0 Å². The van der Waals surface area contributed by atoms with Gasteiger partial charge in [-0.25, -0.2) is 0 Å². The summed E-state index contributed by atoms with van der Waals surface area (Å²) in [5.41, 5.74) is 16.7. The fourth-order valence-electron chi connectivity index (χ4n) is 4.49. The number of hydrogen-bond acceptors (Lipinski definition) is 8. The van der Waals surface area contributed by atoms with Crippen molar-refractivity contribution in [2.75, 3.05) is 13.1 Å². The van der Waals surface area contributed by atoms with Crippen LogP contribution in [0.4, 0.5) is 0 Å². The maximum atomic E-state index is 13.5. The molecule has 0 bridgehead atoms. The van der Waals surface area contributed by atoms with E-state index >= 15 is 0 Å². The maximum absolute atomic E-state index is 13.5. The Hall–Kier alpha value is -3.95. The number of carbonyl (C=O) groups is 4. The highest BCUT2D eigenvalue weighted by Crippen LogP contribution is 2.08. The summed E-state index contributed by atoms with van der Waals surface area (Å²) in [6.07, 6.45) is 8.56. The fraction of sp³-hybridized carbons (Fsp3) is 0.767. The van der Waals surface area contributed by atoms with Gasteiger partial charge in [0.25, 0.3) is 0 Å². The largest absolute Gasteiger partial charge is 0.370 e. The van der Waals surface area contributed by atoms with Crippen LogP contribution < -0.4 is 49.1 Å². The van der Waals surface area contributed by atoms with Crippen LogP contribution in [0, 0.1) is 10.8 Å². The Kier molecular flexibility index (Phi) is 23.1. The zero-order valence-corrected chi connectivity index (χ0v) is 27.8. The van der Waals surface area contributed by atoms with Crippen LogP contribution in [0.1, 0.15) is 104 Å². The van der Waals surface area contributed by atoms with Gasteiger partial charge in [0.1, 0.15) is 18.1 Å². The molecule has 263 valence electrons. The van der Waals surface area contributed by atoms with E-state index in [1.54, 1.807) is 0 Å². The molecule has 4 amide bonds. The molecule has 0 heterocycles. The zero-order chi connectivity index (χ0) is 34.9. The van der Waals surface area contributed by atoms with Crippen molar-refractivity contribution < 1.29 is 24.0 Å². The van der Waals surface area contributed by atoms with Crippen LogP contribution in [0.5, 0.6) is 0 Å². The minimum absolute atomic E-state index is 0.177. The predicted molar refractivity (Wildman–Crippen MR) is 178 cm³/mol. The first kappa shape index (κ1) is 42.0. The summed E-state index contributed by atoms with van der Waals surface area (Å²) in [7, 11) is 0. The van der Waals surface area contributed by atoms with Gasteiger partial charge in [-0.2, -0.15) is 0 Å². The smallest absolute Gasteiger partial charge is 0.243 e. The van der Waals surface area contributed by atoms with Crippen LogP contribution in [0.15, 0.2) is 0 Å². The standard InChI is InChI=1S/C30H58N11O5/c1-4-7-12-20(19-42)38-26(44)24(16-11-18-37-30(34)35)41-28(46)23(15-9-6-3)40-27(45)22(14-8-5-2)39-25(43)21(31)13-10-17-36-29(32)33/h20-24H,4-18,31H2,1-3H3,(H,38,44)(H,39,43)(H,40,45)(H,41,46)(H4,32,33,36)(H4,34,35,37)/t20-,21-,22-,23-,24-/m0/s1.